The fourth-order valence-corrected chi connectivity index (χ4v) is 5.35. The van der Waals surface area contributed by atoms with Crippen LogP contribution < -0.4 is 4.74 Å². The second-order valence-electron chi connectivity index (χ2n) is 10.3. The number of benzene rings is 1. The lowest BCUT2D eigenvalue weighted by molar-refractivity contribution is -0.229. The van der Waals surface area contributed by atoms with E-state index in [4.69, 9.17) is 9.47 Å². The molecule has 2 nitrogen and oxygen atoms in total. The van der Waals surface area contributed by atoms with E-state index < -0.39 is 17.5 Å². The lowest BCUT2D eigenvalue weighted by Gasteiger charge is -2.30. The molecule has 1 aromatic carbocycles. The van der Waals surface area contributed by atoms with Crippen LogP contribution in [0.25, 0.3) is 6.08 Å². The highest BCUT2D eigenvalue weighted by molar-refractivity contribution is 5.60. The molecule has 1 fully saturated rings. The molecule has 1 saturated carbocycles. The molecule has 192 valence electrons. The molecule has 5 heteroatoms. The smallest absolute Gasteiger partial charge is 0.430 e. The van der Waals surface area contributed by atoms with Crippen molar-refractivity contribution in [2.75, 3.05) is 6.61 Å². The van der Waals surface area contributed by atoms with Crippen molar-refractivity contribution in [2.24, 2.45) is 11.8 Å². The van der Waals surface area contributed by atoms with Gasteiger partial charge in [-0.05, 0) is 42.4 Å². The summed E-state index contributed by atoms with van der Waals surface area (Å²) < 4.78 is 55.1. The Morgan fingerprint density at radius 3 is 2.24 bits per heavy atom. The second kappa shape index (κ2) is 13.4. The van der Waals surface area contributed by atoms with E-state index in [0.29, 0.717) is 18.9 Å². The van der Waals surface area contributed by atoms with Gasteiger partial charge in [-0.3, -0.25) is 0 Å². The molecule has 2 aliphatic rings. The maximum Gasteiger partial charge on any atom is 0.430 e. The Labute approximate surface area is 204 Å². The third-order valence-corrected chi connectivity index (χ3v) is 7.49. The number of rotatable bonds is 14. The highest BCUT2D eigenvalue weighted by Gasteiger charge is 2.44. The minimum absolute atomic E-state index is 0.118. The zero-order valence-corrected chi connectivity index (χ0v) is 21.2. The van der Waals surface area contributed by atoms with Crippen molar-refractivity contribution >= 4 is 6.08 Å². The zero-order chi connectivity index (χ0) is 24.4. The minimum Gasteiger partial charge on any atom is -0.491 e. The van der Waals surface area contributed by atoms with Crippen LogP contribution in [0.2, 0.25) is 0 Å². The summed E-state index contributed by atoms with van der Waals surface area (Å²) in [5.74, 6) is 0.525. The molecular formula is C29H43F3O2. The first kappa shape index (κ1) is 26.9. The van der Waals surface area contributed by atoms with E-state index >= 15 is 0 Å². The Kier molecular flexibility index (Phi) is 10.7. The summed E-state index contributed by atoms with van der Waals surface area (Å²) in [5.41, 5.74) is -0.507. The first-order valence-electron chi connectivity index (χ1n) is 13.7. The van der Waals surface area contributed by atoms with Gasteiger partial charge >= 0.3 is 6.11 Å². The van der Waals surface area contributed by atoms with Crippen molar-refractivity contribution in [1.29, 1.82) is 0 Å². The highest BCUT2D eigenvalue weighted by atomic mass is 19.3. The summed E-state index contributed by atoms with van der Waals surface area (Å²) in [6.07, 6.45) is 14.4. The predicted octanol–water partition coefficient (Wildman–Crippen LogP) is 9.76. The molecule has 34 heavy (non-hydrogen) atoms. The molecule has 3 rings (SSSR count). The van der Waals surface area contributed by atoms with Crippen molar-refractivity contribution in [3.8, 4) is 5.75 Å². The molecule has 0 saturated heterocycles. The van der Waals surface area contributed by atoms with Crippen LogP contribution in [0.1, 0.15) is 121 Å². The van der Waals surface area contributed by atoms with Gasteiger partial charge in [0.1, 0.15) is 11.3 Å². The van der Waals surface area contributed by atoms with Crippen LogP contribution in [-0.2, 0) is 10.8 Å². The zero-order valence-electron chi connectivity index (χ0n) is 21.2. The van der Waals surface area contributed by atoms with Gasteiger partial charge < -0.3 is 9.47 Å². The molecule has 0 N–H and O–H groups in total. The molecule has 1 aliphatic heterocycles. The fraction of sp³-hybridized carbons (Fsp3) is 0.724. The molecule has 0 amide bonds. The van der Waals surface area contributed by atoms with Gasteiger partial charge in [-0.2, -0.15) is 8.78 Å². The van der Waals surface area contributed by atoms with Crippen LogP contribution in [0.15, 0.2) is 17.9 Å². The number of fused-ring (bicyclic) bond motifs is 1. The Morgan fingerprint density at radius 2 is 1.53 bits per heavy atom. The Bertz CT molecular complexity index is 782. The summed E-state index contributed by atoms with van der Waals surface area (Å²) >= 11 is 0. The maximum atomic E-state index is 14.9. The largest absolute Gasteiger partial charge is 0.491 e. The van der Waals surface area contributed by atoms with Crippen LogP contribution in [-0.4, -0.2) is 6.61 Å². The van der Waals surface area contributed by atoms with Gasteiger partial charge in [0, 0.05) is 6.42 Å². The van der Waals surface area contributed by atoms with Crippen LogP contribution in [0.4, 0.5) is 13.2 Å². The average Bonchev–Trinajstić information content (AvgIpc) is 2.82. The van der Waals surface area contributed by atoms with E-state index in [2.05, 4.69) is 13.8 Å². The van der Waals surface area contributed by atoms with E-state index in [1.54, 1.807) is 6.08 Å². The fourth-order valence-electron chi connectivity index (χ4n) is 5.35. The molecule has 0 radical (unpaired) electrons. The molecule has 1 aliphatic carbocycles. The molecule has 1 aromatic rings. The molecule has 0 spiro atoms. The van der Waals surface area contributed by atoms with Gasteiger partial charge in [-0.15, -0.1) is 0 Å². The highest BCUT2D eigenvalue weighted by Crippen LogP contribution is 2.44. The minimum atomic E-state index is -3.68. The molecule has 0 bridgehead atoms. The lowest BCUT2D eigenvalue weighted by atomic mass is 9.78. The number of hydrogen-bond donors (Lipinski definition) is 0. The van der Waals surface area contributed by atoms with Crippen molar-refractivity contribution in [1.82, 2.24) is 0 Å². The standard InChI is InChI=1S/C29H43F3O2/c1-3-5-7-8-9-10-20-33-26-19-17-24-21-25(34-29(31,32)27(24)28(26)30)18-16-23-14-12-22(13-15-23)11-6-4-2/h17,19,21-23H,3-16,18,20H2,1-2H3. The maximum absolute atomic E-state index is 14.9. The van der Waals surface area contributed by atoms with Gasteiger partial charge in [0.05, 0.1) is 6.61 Å². The number of hydrogen-bond acceptors (Lipinski definition) is 2. The Hall–Kier alpha value is -1.65. The quantitative estimate of drug-likeness (QED) is 0.247. The van der Waals surface area contributed by atoms with Crippen LogP contribution in [0.3, 0.4) is 0 Å². The number of alkyl halides is 2. The van der Waals surface area contributed by atoms with Crippen LogP contribution >= 0.6 is 0 Å². The summed E-state index contributed by atoms with van der Waals surface area (Å²) in [6.45, 7) is 4.73. The van der Waals surface area contributed by atoms with E-state index in [-0.39, 0.29) is 17.1 Å². The summed E-state index contributed by atoms with van der Waals surface area (Å²) in [6, 6.07) is 3.00. The van der Waals surface area contributed by atoms with Crippen LogP contribution in [0, 0.1) is 17.7 Å². The van der Waals surface area contributed by atoms with Gasteiger partial charge in [-0.25, -0.2) is 4.39 Å². The van der Waals surface area contributed by atoms with E-state index in [9.17, 15) is 13.2 Å². The predicted molar refractivity (Wildman–Crippen MR) is 132 cm³/mol. The van der Waals surface area contributed by atoms with Gasteiger partial charge in [0.2, 0.25) is 0 Å². The molecular weight excluding hydrogens is 437 g/mol. The molecule has 0 aromatic heterocycles. The van der Waals surface area contributed by atoms with Crippen LogP contribution in [0.5, 0.6) is 5.75 Å². The second-order valence-corrected chi connectivity index (χ2v) is 10.3. The molecule has 0 unspecified atom stereocenters. The van der Waals surface area contributed by atoms with Crippen molar-refractivity contribution < 1.29 is 22.6 Å². The van der Waals surface area contributed by atoms with Crippen molar-refractivity contribution in [3.63, 3.8) is 0 Å². The first-order chi connectivity index (χ1) is 16.4. The number of ether oxygens (including phenoxy) is 2. The van der Waals surface area contributed by atoms with E-state index in [1.165, 1.54) is 76.3 Å². The third-order valence-electron chi connectivity index (χ3n) is 7.49. The molecule has 1 heterocycles. The van der Waals surface area contributed by atoms with E-state index in [0.717, 1.165) is 31.6 Å². The van der Waals surface area contributed by atoms with Gasteiger partial charge in [-0.1, -0.05) is 97.0 Å². The van der Waals surface area contributed by atoms with E-state index in [1.807, 2.05) is 0 Å². The monoisotopic (exact) mass is 480 g/mol. The third kappa shape index (κ3) is 7.68. The van der Waals surface area contributed by atoms with Crippen molar-refractivity contribution in [3.05, 3.63) is 34.8 Å². The number of allylic oxidation sites excluding steroid dienone is 1. The van der Waals surface area contributed by atoms with Crippen molar-refractivity contribution in [2.45, 2.75) is 116 Å². The summed E-state index contributed by atoms with van der Waals surface area (Å²) in [7, 11) is 0. The SMILES string of the molecule is CCCCCCCCOc1ccc2c(c1F)C(F)(F)OC(CCC1CCC(CCCC)CC1)=C2. The Balaban J connectivity index is 1.52. The normalized spacial score (nSPS) is 21.5. The summed E-state index contributed by atoms with van der Waals surface area (Å²) in [5, 5.41) is 0. The first-order valence-corrected chi connectivity index (χ1v) is 13.7. The number of halogens is 3. The molecule has 0 atom stereocenters. The summed E-state index contributed by atoms with van der Waals surface area (Å²) in [4.78, 5) is 0. The lowest BCUT2D eigenvalue weighted by Crippen LogP contribution is -2.25. The average molecular weight is 481 g/mol. The Morgan fingerprint density at radius 1 is 0.882 bits per heavy atom. The van der Waals surface area contributed by atoms with Gasteiger partial charge in [0.15, 0.2) is 11.6 Å². The number of unbranched alkanes of at least 4 members (excludes halogenated alkanes) is 6. The topological polar surface area (TPSA) is 18.5 Å². The van der Waals surface area contributed by atoms with Gasteiger partial charge in [0.25, 0.3) is 0 Å².